The number of hydrogen-bond donors (Lipinski definition) is 1. The van der Waals surface area contributed by atoms with Gasteiger partial charge < -0.3 is 0 Å². The lowest BCUT2D eigenvalue weighted by molar-refractivity contribution is -0.672. The minimum Gasteiger partial charge on any atom is -0.286 e. The summed E-state index contributed by atoms with van der Waals surface area (Å²) >= 11 is 7.55. The number of rotatable bonds is 4. The van der Waals surface area contributed by atoms with E-state index in [-0.39, 0.29) is 5.75 Å². The standard InChI is InChI=1S/C11H12ClNO3S2/c1-8-13(5-2-6-18(14,15)16)10-4-3-9(12)7-11(10)17-8/h3-4,7H,2,5-6H2,1H3/p+1. The maximum Gasteiger partial charge on any atom is 0.265 e. The van der Waals surface area contributed by atoms with Gasteiger partial charge in [-0.1, -0.05) is 22.9 Å². The fourth-order valence-electron chi connectivity index (χ4n) is 1.86. The normalized spacial score (nSPS) is 12.2. The Morgan fingerprint density at radius 2 is 2.17 bits per heavy atom. The molecule has 1 aromatic heterocycles. The van der Waals surface area contributed by atoms with E-state index in [1.165, 1.54) is 0 Å². The summed E-state index contributed by atoms with van der Waals surface area (Å²) in [5.41, 5.74) is 1.04. The first-order chi connectivity index (χ1) is 8.37. The maximum atomic E-state index is 10.7. The van der Waals surface area contributed by atoms with Gasteiger partial charge in [-0.15, -0.1) is 0 Å². The molecule has 0 amide bonds. The smallest absolute Gasteiger partial charge is 0.265 e. The summed E-state index contributed by atoms with van der Waals surface area (Å²) in [5.74, 6) is -0.218. The number of nitrogens with zero attached hydrogens (tertiary/aromatic N) is 1. The molecule has 0 fully saturated rings. The van der Waals surface area contributed by atoms with Crippen LogP contribution in [-0.2, 0) is 16.7 Å². The number of fused-ring (bicyclic) bond motifs is 1. The van der Waals surface area contributed by atoms with Crippen molar-refractivity contribution in [2.75, 3.05) is 5.75 Å². The minimum atomic E-state index is -3.88. The van der Waals surface area contributed by atoms with Crippen LogP contribution in [0.2, 0.25) is 5.02 Å². The molecule has 0 radical (unpaired) electrons. The van der Waals surface area contributed by atoms with Crippen LogP contribution in [0.3, 0.4) is 0 Å². The molecule has 0 aliphatic heterocycles. The molecule has 0 spiro atoms. The quantitative estimate of drug-likeness (QED) is 0.697. The summed E-state index contributed by atoms with van der Waals surface area (Å²) in [6.45, 7) is 2.54. The fraction of sp³-hybridized carbons (Fsp3) is 0.364. The van der Waals surface area contributed by atoms with Crippen LogP contribution in [-0.4, -0.2) is 18.7 Å². The molecular formula is C11H13ClNO3S2+. The van der Waals surface area contributed by atoms with Crippen molar-refractivity contribution >= 4 is 43.3 Å². The van der Waals surface area contributed by atoms with Gasteiger partial charge in [-0.3, -0.25) is 4.55 Å². The molecule has 7 heteroatoms. The second-order valence-electron chi connectivity index (χ2n) is 4.02. The largest absolute Gasteiger partial charge is 0.286 e. The van der Waals surface area contributed by atoms with Crippen LogP contribution in [0, 0.1) is 6.92 Å². The SMILES string of the molecule is Cc1sc2cc(Cl)ccc2[n+]1CCCS(=O)(=O)O. The Labute approximate surface area is 115 Å². The van der Waals surface area contributed by atoms with E-state index in [4.69, 9.17) is 16.2 Å². The van der Waals surface area contributed by atoms with E-state index >= 15 is 0 Å². The topological polar surface area (TPSA) is 58.2 Å². The van der Waals surface area contributed by atoms with E-state index < -0.39 is 10.1 Å². The first-order valence-corrected chi connectivity index (χ1v) is 8.21. The highest BCUT2D eigenvalue weighted by molar-refractivity contribution is 7.85. The zero-order valence-corrected chi connectivity index (χ0v) is 12.1. The van der Waals surface area contributed by atoms with Crippen molar-refractivity contribution in [2.24, 2.45) is 0 Å². The molecular weight excluding hydrogens is 294 g/mol. The van der Waals surface area contributed by atoms with E-state index in [1.54, 1.807) is 11.3 Å². The van der Waals surface area contributed by atoms with Crippen molar-refractivity contribution in [1.82, 2.24) is 0 Å². The molecule has 18 heavy (non-hydrogen) atoms. The average molecular weight is 307 g/mol. The molecule has 0 saturated heterocycles. The molecule has 1 N–H and O–H groups in total. The summed E-state index contributed by atoms with van der Waals surface area (Å²) in [7, 11) is -3.88. The second kappa shape index (κ2) is 5.13. The number of hydrogen-bond acceptors (Lipinski definition) is 3. The average Bonchev–Trinajstić information content (AvgIpc) is 2.52. The van der Waals surface area contributed by atoms with Gasteiger partial charge >= 0.3 is 0 Å². The lowest BCUT2D eigenvalue weighted by Crippen LogP contribution is -2.35. The van der Waals surface area contributed by atoms with Crippen molar-refractivity contribution in [1.29, 1.82) is 0 Å². The lowest BCUT2D eigenvalue weighted by Gasteiger charge is -1.96. The zero-order valence-electron chi connectivity index (χ0n) is 9.76. The predicted molar refractivity (Wildman–Crippen MR) is 72.8 cm³/mol. The molecule has 0 aliphatic rings. The van der Waals surface area contributed by atoms with Crippen molar-refractivity contribution in [3.63, 3.8) is 0 Å². The van der Waals surface area contributed by atoms with Gasteiger partial charge in [0.25, 0.3) is 10.1 Å². The van der Waals surface area contributed by atoms with Gasteiger partial charge in [0.1, 0.15) is 4.70 Å². The molecule has 0 saturated carbocycles. The molecule has 1 aromatic carbocycles. The Kier molecular flexibility index (Phi) is 3.91. The number of thiazole rings is 1. The molecule has 98 valence electrons. The van der Waals surface area contributed by atoms with Crippen molar-refractivity contribution < 1.29 is 17.5 Å². The Hall–Kier alpha value is -0.690. The first-order valence-electron chi connectivity index (χ1n) is 5.40. The highest BCUT2D eigenvalue weighted by atomic mass is 35.5. The molecule has 2 aromatic rings. The van der Waals surface area contributed by atoms with Crippen molar-refractivity contribution in [3.05, 3.63) is 28.2 Å². The highest BCUT2D eigenvalue weighted by Crippen LogP contribution is 2.23. The highest BCUT2D eigenvalue weighted by Gasteiger charge is 2.17. The predicted octanol–water partition coefficient (Wildman–Crippen LogP) is 2.43. The third-order valence-corrected chi connectivity index (χ3v) is 4.74. The van der Waals surface area contributed by atoms with Gasteiger partial charge in [0.05, 0.1) is 5.75 Å². The van der Waals surface area contributed by atoms with Gasteiger partial charge in [-0.2, -0.15) is 13.0 Å². The molecule has 0 bridgehead atoms. The summed E-state index contributed by atoms with van der Waals surface area (Å²) in [6.07, 6.45) is 0.388. The number of halogens is 1. The molecule has 4 nitrogen and oxygen atoms in total. The number of aromatic nitrogens is 1. The second-order valence-corrected chi connectivity index (χ2v) is 7.27. The Morgan fingerprint density at radius 1 is 1.44 bits per heavy atom. The van der Waals surface area contributed by atoms with Crippen molar-refractivity contribution in [3.8, 4) is 0 Å². The van der Waals surface area contributed by atoms with Crippen LogP contribution in [0.5, 0.6) is 0 Å². The van der Waals surface area contributed by atoms with Gasteiger partial charge in [0.2, 0.25) is 10.5 Å². The summed E-state index contributed by atoms with van der Waals surface area (Å²) in [5, 5.41) is 1.77. The number of aryl methyl sites for hydroxylation is 2. The third kappa shape index (κ3) is 3.20. The van der Waals surface area contributed by atoms with E-state index in [0.29, 0.717) is 18.0 Å². The summed E-state index contributed by atoms with van der Waals surface area (Å²) in [6, 6.07) is 5.64. The first kappa shape index (κ1) is 13.7. The fourth-order valence-corrected chi connectivity index (χ4v) is 3.68. The zero-order chi connectivity index (χ0) is 13.3. The van der Waals surface area contributed by atoms with Gasteiger partial charge in [-0.25, -0.2) is 0 Å². The minimum absolute atomic E-state index is 0.218. The Balaban J connectivity index is 2.25. The van der Waals surface area contributed by atoms with Crippen LogP contribution in [0.4, 0.5) is 0 Å². The monoisotopic (exact) mass is 306 g/mol. The van der Waals surface area contributed by atoms with Crippen LogP contribution in [0.1, 0.15) is 11.4 Å². The van der Waals surface area contributed by atoms with Crippen LogP contribution in [0.15, 0.2) is 18.2 Å². The van der Waals surface area contributed by atoms with Gasteiger partial charge in [0.15, 0.2) is 6.54 Å². The van der Waals surface area contributed by atoms with Crippen LogP contribution >= 0.6 is 22.9 Å². The number of benzene rings is 1. The Morgan fingerprint density at radius 3 is 2.83 bits per heavy atom. The van der Waals surface area contributed by atoms with Crippen LogP contribution < -0.4 is 4.57 Å². The molecule has 1 heterocycles. The Bertz CT molecular complexity index is 679. The van der Waals surface area contributed by atoms with E-state index in [1.807, 2.05) is 29.7 Å². The molecule has 0 atom stereocenters. The molecule has 2 rings (SSSR count). The van der Waals surface area contributed by atoms with E-state index in [2.05, 4.69) is 0 Å². The molecule has 0 unspecified atom stereocenters. The summed E-state index contributed by atoms with van der Waals surface area (Å²) in [4.78, 5) is 0. The van der Waals surface area contributed by atoms with E-state index in [0.717, 1.165) is 15.2 Å². The molecule has 0 aliphatic carbocycles. The van der Waals surface area contributed by atoms with Gasteiger partial charge in [0, 0.05) is 24.4 Å². The van der Waals surface area contributed by atoms with Crippen molar-refractivity contribution in [2.45, 2.75) is 19.9 Å². The lowest BCUT2D eigenvalue weighted by atomic mass is 10.3. The maximum absolute atomic E-state index is 10.7. The van der Waals surface area contributed by atoms with Gasteiger partial charge in [-0.05, 0) is 12.1 Å². The van der Waals surface area contributed by atoms with Crippen LogP contribution in [0.25, 0.3) is 10.2 Å². The summed E-state index contributed by atoms with van der Waals surface area (Å²) < 4.78 is 33.2. The third-order valence-electron chi connectivity index (χ3n) is 2.63. The van der Waals surface area contributed by atoms with E-state index in [9.17, 15) is 8.42 Å².